The van der Waals surface area contributed by atoms with Gasteiger partial charge in [0.15, 0.2) is 5.78 Å². The molecule has 0 N–H and O–H groups in total. The van der Waals surface area contributed by atoms with Crippen LogP contribution in [0.5, 0.6) is 0 Å². The lowest BCUT2D eigenvalue weighted by Gasteiger charge is -2.35. The molecular formula is C11H18O2S2. The van der Waals surface area contributed by atoms with Gasteiger partial charge in [0.2, 0.25) is 5.78 Å². The molecule has 0 aromatic carbocycles. The summed E-state index contributed by atoms with van der Waals surface area (Å²) in [6.07, 6.45) is 1.92. The molecular weight excluding hydrogens is 228 g/mol. The molecule has 1 saturated heterocycles. The molecule has 2 unspecified atom stereocenters. The molecule has 0 saturated carbocycles. The Morgan fingerprint density at radius 3 is 2.60 bits per heavy atom. The van der Waals surface area contributed by atoms with Gasteiger partial charge < -0.3 is 0 Å². The summed E-state index contributed by atoms with van der Waals surface area (Å²) in [5.41, 5.74) is 0. The van der Waals surface area contributed by atoms with Crippen LogP contribution in [0.3, 0.4) is 0 Å². The Bertz CT molecular complexity index is 265. The molecule has 0 aromatic heterocycles. The second-order valence-electron chi connectivity index (χ2n) is 4.08. The first-order valence-corrected chi connectivity index (χ1v) is 7.21. The number of carbonyl (C=O) groups excluding carboxylic acids is 2. The van der Waals surface area contributed by atoms with Gasteiger partial charge in [-0.05, 0) is 19.1 Å². The minimum absolute atomic E-state index is 0.0837. The van der Waals surface area contributed by atoms with E-state index >= 15 is 0 Å². The van der Waals surface area contributed by atoms with Gasteiger partial charge in [0, 0.05) is 18.1 Å². The third-order valence-corrected chi connectivity index (χ3v) is 5.61. The summed E-state index contributed by atoms with van der Waals surface area (Å²) < 4.78 is -0.0837. The molecule has 0 aliphatic carbocycles. The van der Waals surface area contributed by atoms with Gasteiger partial charge in [-0.1, -0.05) is 13.8 Å². The largest absolute Gasteiger partial charge is 0.291 e. The average Bonchev–Trinajstić information content (AvgIpc) is 2.15. The zero-order valence-corrected chi connectivity index (χ0v) is 11.2. The zero-order chi connectivity index (χ0) is 11.5. The standard InChI is InChI=1S/C11H18O2S2/c1-4-9(12)10(13)7-11(3)14-6-5-8(2)15-11/h8H,4-7H2,1-3H3. The normalized spacial score (nSPS) is 31.3. The minimum atomic E-state index is -0.226. The van der Waals surface area contributed by atoms with Crippen molar-refractivity contribution in [2.75, 3.05) is 5.75 Å². The molecule has 86 valence electrons. The first-order chi connectivity index (χ1) is 6.97. The van der Waals surface area contributed by atoms with Crippen LogP contribution in [-0.2, 0) is 9.59 Å². The lowest BCUT2D eigenvalue weighted by Crippen LogP contribution is -2.30. The lowest BCUT2D eigenvalue weighted by molar-refractivity contribution is -0.136. The van der Waals surface area contributed by atoms with Crippen LogP contribution >= 0.6 is 23.5 Å². The summed E-state index contributed by atoms with van der Waals surface area (Å²) in [6, 6.07) is 0. The molecule has 2 nitrogen and oxygen atoms in total. The molecule has 0 spiro atoms. The van der Waals surface area contributed by atoms with Gasteiger partial charge in [-0.2, -0.15) is 0 Å². The van der Waals surface area contributed by atoms with E-state index in [1.807, 2.05) is 23.5 Å². The number of hydrogen-bond donors (Lipinski definition) is 0. The molecule has 0 aromatic rings. The molecule has 0 amide bonds. The van der Waals surface area contributed by atoms with E-state index in [1.54, 1.807) is 6.92 Å². The van der Waals surface area contributed by atoms with Crippen molar-refractivity contribution in [1.82, 2.24) is 0 Å². The average molecular weight is 246 g/mol. The summed E-state index contributed by atoms with van der Waals surface area (Å²) in [4.78, 5) is 22.8. The van der Waals surface area contributed by atoms with Gasteiger partial charge in [-0.3, -0.25) is 9.59 Å². The monoisotopic (exact) mass is 246 g/mol. The van der Waals surface area contributed by atoms with Gasteiger partial charge in [0.1, 0.15) is 0 Å². The molecule has 0 bridgehead atoms. The maximum Gasteiger partial charge on any atom is 0.200 e. The Kier molecular flexibility index (Phi) is 4.71. The number of hydrogen-bond acceptors (Lipinski definition) is 4. The van der Waals surface area contributed by atoms with Crippen LogP contribution in [0.4, 0.5) is 0 Å². The topological polar surface area (TPSA) is 34.1 Å². The second kappa shape index (κ2) is 5.39. The fourth-order valence-corrected chi connectivity index (χ4v) is 5.24. The van der Waals surface area contributed by atoms with Crippen LogP contribution in [0.1, 0.15) is 40.0 Å². The molecule has 4 heteroatoms. The van der Waals surface area contributed by atoms with E-state index in [9.17, 15) is 9.59 Å². The maximum atomic E-state index is 11.6. The van der Waals surface area contributed by atoms with Crippen molar-refractivity contribution in [3.8, 4) is 0 Å². The molecule has 15 heavy (non-hydrogen) atoms. The molecule has 1 aliphatic rings. The van der Waals surface area contributed by atoms with Crippen molar-refractivity contribution in [1.29, 1.82) is 0 Å². The highest BCUT2D eigenvalue weighted by molar-refractivity contribution is 8.19. The number of Topliss-reactive ketones (excluding diaryl/α,β-unsaturated/α-hetero) is 2. The Hall–Kier alpha value is 0.0400. The van der Waals surface area contributed by atoms with E-state index in [0.29, 0.717) is 18.1 Å². The quantitative estimate of drug-likeness (QED) is 0.714. The van der Waals surface area contributed by atoms with E-state index < -0.39 is 0 Å². The predicted molar refractivity (Wildman–Crippen MR) is 67.5 cm³/mol. The maximum absolute atomic E-state index is 11.6. The minimum Gasteiger partial charge on any atom is -0.291 e. The smallest absolute Gasteiger partial charge is 0.200 e. The summed E-state index contributed by atoms with van der Waals surface area (Å²) in [5.74, 6) is 0.669. The van der Waals surface area contributed by atoms with Crippen LogP contribution in [0, 0.1) is 0 Å². The molecule has 2 atom stereocenters. The third-order valence-electron chi connectivity index (χ3n) is 2.50. The summed E-state index contributed by atoms with van der Waals surface area (Å²) in [7, 11) is 0. The van der Waals surface area contributed by atoms with Gasteiger partial charge >= 0.3 is 0 Å². The van der Waals surface area contributed by atoms with Crippen LogP contribution in [0.2, 0.25) is 0 Å². The Labute approximate surface area is 100.0 Å². The Balaban J connectivity index is 2.55. The van der Waals surface area contributed by atoms with Gasteiger partial charge in [-0.15, -0.1) is 23.5 Å². The van der Waals surface area contributed by atoms with E-state index in [2.05, 4.69) is 13.8 Å². The van der Waals surface area contributed by atoms with Crippen molar-refractivity contribution < 1.29 is 9.59 Å². The number of carbonyl (C=O) groups is 2. The number of ketones is 2. The van der Waals surface area contributed by atoms with Gasteiger partial charge in [-0.25, -0.2) is 0 Å². The molecule has 1 aliphatic heterocycles. The van der Waals surface area contributed by atoms with Crippen LogP contribution < -0.4 is 0 Å². The molecule has 0 radical (unpaired) electrons. The van der Waals surface area contributed by atoms with Crippen molar-refractivity contribution >= 4 is 35.1 Å². The van der Waals surface area contributed by atoms with E-state index in [1.165, 1.54) is 6.42 Å². The van der Waals surface area contributed by atoms with Crippen LogP contribution in [0.25, 0.3) is 0 Å². The highest BCUT2D eigenvalue weighted by atomic mass is 32.2. The second-order valence-corrected chi connectivity index (χ2v) is 7.87. The van der Waals surface area contributed by atoms with Crippen molar-refractivity contribution in [3.63, 3.8) is 0 Å². The lowest BCUT2D eigenvalue weighted by atomic mass is 10.1. The van der Waals surface area contributed by atoms with Crippen LogP contribution in [-0.4, -0.2) is 26.6 Å². The van der Waals surface area contributed by atoms with Crippen molar-refractivity contribution in [2.24, 2.45) is 0 Å². The number of rotatable bonds is 4. The molecule has 1 rings (SSSR count). The van der Waals surface area contributed by atoms with E-state index in [0.717, 1.165) is 5.75 Å². The van der Waals surface area contributed by atoms with E-state index in [4.69, 9.17) is 0 Å². The Morgan fingerprint density at radius 1 is 1.40 bits per heavy atom. The summed E-state index contributed by atoms with van der Waals surface area (Å²) in [5, 5.41) is 0.598. The highest BCUT2D eigenvalue weighted by Crippen LogP contribution is 2.47. The van der Waals surface area contributed by atoms with Crippen molar-refractivity contribution in [3.05, 3.63) is 0 Å². The van der Waals surface area contributed by atoms with Gasteiger partial charge in [0.25, 0.3) is 0 Å². The van der Waals surface area contributed by atoms with Gasteiger partial charge in [0.05, 0.1) is 4.08 Å². The first-order valence-electron chi connectivity index (χ1n) is 5.34. The summed E-state index contributed by atoms with van der Waals surface area (Å²) >= 11 is 3.65. The molecule has 1 heterocycles. The zero-order valence-electron chi connectivity index (χ0n) is 9.54. The SMILES string of the molecule is CCC(=O)C(=O)CC1(C)SCCC(C)S1. The van der Waals surface area contributed by atoms with Crippen LogP contribution in [0.15, 0.2) is 0 Å². The van der Waals surface area contributed by atoms with Crippen molar-refractivity contribution in [2.45, 2.75) is 49.4 Å². The fraction of sp³-hybridized carbons (Fsp3) is 0.818. The third kappa shape index (κ3) is 3.83. The first kappa shape index (κ1) is 13.1. The predicted octanol–water partition coefficient (Wildman–Crippen LogP) is 2.90. The highest BCUT2D eigenvalue weighted by Gasteiger charge is 2.35. The fourth-order valence-electron chi connectivity index (χ4n) is 1.64. The Morgan fingerprint density at radius 2 is 2.07 bits per heavy atom. The number of thioether (sulfide) groups is 2. The summed E-state index contributed by atoms with van der Waals surface area (Å²) in [6.45, 7) is 6.01. The molecule has 1 fully saturated rings. The van der Waals surface area contributed by atoms with E-state index in [-0.39, 0.29) is 15.6 Å².